The summed E-state index contributed by atoms with van der Waals surface area (Å²) in [5.41, 5.74) is 0.318. The molecule has 1 aromatic rings. The van der Waals surface area contributed by atoms with Crippen molar-refractivity contribution in [2.24, 2.45) is 0 Å². The highest BCUT2D eigenvalue weighted by molar-refractivity contribution is 6.35. The second-order valence-electron chi connectivity index (χ2n) is 7.62. The number of carbonyl (C=O) groups excluding carboxylic acids is 3. The van der Waals surface area contributed by atoms with Gasteiger partial charge in [0.15, 0.2) is 0 Å². The summed E-state index contributed by atoms with van der Waals surface area (Å²) in [6.45, 7) is 2.46. The molecule has 1 aromatic carbocycles. The molecule has 2 fully saturated rings. The van der Waals surface area contributed by atoms with Gasteiger partial charge in [0.2, 0.25) is 11.8 Å². The summed E-state index contributed by atoms with van der Waals surface area (Å²) in [7, 11) is 0. The van der Waals surface area contributed by atoms with E-state index in [4.69, 9.17) is 23.2 Å². The first-order chi connectivity index (χ1) is 14.0. The Bertz CT molecular complexity index is 772. The smallest absolute Gasteiger partial charge is 0.256 e. The number of hydrogen-bond donors (Lipinski definition) is 1. The van der Waals surface area contributed by atoms with Gasteiger partial charge < -0.3 is 15.1 Å². The van der Waals surface area contributed by atoms with Gasteiger partial charge in [0.25, 0.3) is 5.91 Å². The number of rotatable bonds is 6. The van der Waals surface area contributed by atoms with E-state index in [0.717, 1.165) is 32.2 Å². The topological polar surface area (TPSA) is 69.7 Å². The highest BCUT2D eigenvalue weighted by Gasteiger charge is 2.35. The Kier molecular flexibility index (Phi) is 7.78. The van der Waals surface area contributed by atoms with Gasteiger partial charge in [0.05, 0.1) is 10.6 Å². The number of hydrogen-bond acceptors (Lipinski definition) is 3. The molecule has 0 saturated carbocycles. The van der Waals surface area contributed by atoms with Crippen LogP contribution in [0.4, 0.5) is 0 Å². The maximum Gasteiger partial charge on any atom is 0.256 e. The molecule has 0 bridgehead atoms. The fraction of sp³-hybridized carbons (Fsp3) is 0.571. The van der Waals surface area contributed by atoms with Crippen molar-refractivity contribution in [2.45, 2.75) is 51.0 Å². The van der Waals surface area contributed by atoms with Crippen LogP contribution < -0.4 is 5.32 Å². The summed E-state index contributed by atoms with van der Waals surface area (Å²) in [4.78, 5) is 41.1. The molecule has 2 saturated heterocycles. The van der Waals surface area contributed by atoms with Gasteiger partial charge in [-0.2, -0.15) is 0 Å². The van der Waals surface area contributed by atoms with Crippen molar-refractivity contribution in [2.75, 3.05) is 26.2 Å². The SMILES string of the molecule is O=C(NCCCN1CCCCCC1=O)C1CCCN1C(=O)c1cc(Cl)ccc1Cl. The zero-order chi connectivity index (χ0) is 20.8. The second kappa shape index (κ2) is 10.3. The fourth-order valence-corrected chi connectivity index (χ4v) is 4.34. The second-order valence-corrected chi connectivity index (χ2v) is 8.46. The molecule has 29 heavy (non-hydrogen) atoms. The highest BCUT2D eigenvalue weighted by Crippen LogP contribution is 2.26. The molecular formula is C21H27Cl2N3O3. The number of benzene rings is 1. The maximum atomic E-state index is 12.9. The number of nitrogens with one attached hydrogen (secondary N) is 1. The molecule has 1 unspecified atom stereocenters. The Morgan fingerprint density at radius 1 is 1.10 bits per heavy atom. The van der Waals surface area contributed by atoms with Crippen molar-refractivity contribution in [1.82, 2.24) is 15.1 Å². The van der Waals surface area contributed by atoms with Crippen LogP contribution in [0.2, 0.25) is 10.0 Å². The van der Waals surface area contributed by atoms with Crippen LogP contribution in [-0.2, 0) is 9.59 Å². The molecule has 8 heteroatoms. The summed E-state index contributed by atoms with van der Waals surface area (Å²) in [5, 5.41) is 3.69. The van der Waals surface area contributed by atoms with Crippen molar-refractivity contribution in [3.8, 4) is 0 Å². The van der Waals surface area contributed by atoms with Crippen LogP contribution in [0.3, 0.4) is 0 Å². The van der Waals surface area contributed by atoms with Gasteiger partial charge in [-0.3, -0.25) is 14.4 Å². The number of likely N-dealkylation sites (tertiary alicyclic amines) is 2. The summed E-state index contributed by atoms with van der Waals surface area (Å²) < 4.78 is 0. The molecule has 3 rings (SSSR count). The lowest BCUT2D eigenvalue weighted by Crippen LogP contribution is -2.46. The maximum absolute atomic E-state index is 12.9. The van der Waals surface area contributed by atoms with Gasteiger partial charge in [-0.15, -0.1) is 0 Å². The number of carbonyl (C=O) groups is 3. The summed E-state index contributed by atoms with van der Waals surface area (Å²) in [5.74, 6) is -0.221. The lowest BCUT2D eigenvalue weighted by atomic mass is 10.1. The van der Waals surface area contributed by atoms with Gasteiger partial charge in [0.1, 0.15) is 6.04 Å². The van der Waals surface area contributed by atoms with E-state index in [-0.39, 0.29) is 17.7 Å². The van der Waals surface area contributed by atoms with Crippen LogP contribution >= 0.6 is 23.2 Å². The Morgan fingerprint density at radius 2 is 1.93 bits per heavy atom. The zero-order valence-electron chi connectivity index (χ0n) is 16.5. The molecule has 6 nitrogen and oxygen atoms in total. The predicted octanol–water partition coefficient (Wildman–Crippen LogP) is 3.51. The molecule has 2 aliphatic heterocycles. The standard InChI is InChI=1S/C21H27Cl2N3O3/c22-15-8-9-17(23)16(14-15)21(29)26-13-4-6-18(26)20(28)24-10-5-12-25-11-3-1-2-7-19(25)27/h8-9,14,18H,1-7,10-13H2,(H,24,28). The highest BCUT2D eigenvalue weighted by atomic mass is 35.5. The van der Waals surface area contributed by atoms with E-state index >= 15 is 0 Å². The van der Waals surface area contributed by atoms with Crippen LogP contribution in [0.1, 0.15) is 55.3 Å². The molecule has 1 atom stereocenters. The zero-order valence-corrected chi connectivity index (χ0v) is 18.0. The summed E-state index contributed by atoms with van der Waals surface area (Å²) in [6.07, 6.45) is 5.83. The van der Waals surface area contributed by atoms with Crippen LogP contribution in [0.25, 0.3) is 0 Å². The Hall–Kier alpha value is -1.79. The van der Waals surface area contributed by atoms with Crippen LogP contribution in [0.5, 0.6) is 0 Å². The predicted molar refractivity (Wildman–Crippen MR) is 113 cm³/mol. The molecular weight excluding hydrogens is 413 g/mol. The molecule has 2 aliphatic rings. The van der Waals surface area contributed by atoms with E-state index in [2.05, 4.69) is 5.32 Å². The van der Waals surface area contributed by atoms with Gasteiger partial charge in [-0.25, -0.2) is 0 Å². The van der Waals surface area contributed by atoms with E-state index in [9.17, 15) is 14.4 Å². The molecule has 2 heterocycles. The van der Waals surface area contributed by atoms with Crippen LogP contribution in [0, 0.1) is 0 Å². The Balaban J connectivity index is 1.51. The fourth-order valence-electron chi connectivity index (χ4n) is 3.97. The third-order valence-electron chi connectivity index (χ3n) is 5.55. The van der Waals surface area contributed by atoms with Gasteiger partial charge in [-0.1, -0.05) is 29.6 Å². The number of nitrogens with zero attached hydrogens (tertiary/aromatic N) is 2. The van der Waals surface area contributed by atoms with Crippen molar-refractivity contribution in [3.05, 3.63) is 33.8 Å². The van der Waals surface area contributed by atoms with E-state index in [1.165, 1.54) is 6.07 Å². The lowest BCUT2D eigenvalue weighted by Gasteiger charge is -2.25. The van der Waals surface area contributed by atoms with Crippen LogP contribution in [-0.4, -0.2) is 59.7 Å². The van der Waals surface area contributed by atoms with Crippen molar-refractivity contribution in [3.63, 3.8) is 0 Å². The molecule has 0 aromatic heterocycles. The largest absolute Gasteiger partial charge is 0.354 e. The van der Waals surface area contributed by atoms with Gasteiger partial charge in [-0.05, 0) is 50.3 Å². The third kappa shape index (κ3) is 5.64. The van der Waals surface area contributed by atoms with Crippen molar-refractivity contribution in [1.29, 1.82) is 0 Å². The first-order valence-electron chi connectivity index (χ1n) is 10.3. The van der Waals surface area contributed by atoms with E-state index in [0.29, 0.717) is 54.5 Å². The molecule has 0 spiro atoms. The monoisotopic (exact) mass is 439 g/mol. The van der Waals surface area contributed by atoms with E-state index in [1.807, 2.05) is 4.90 Å². The van der Waals surface area contributed by atoms with E-state index in [1.54, 1.807) is 17.0 Å². The minimum atomic E-state index is -0.502. The van der Waals surface area contributed by atoms with Crippen molar-refractivity contribution >= 4 is 40.9 Å². The average molecular weight is 440 g/mol. The third-order valence-corrected chi connectivity index (χ3v) is 6.12. The lowest BCUT2D eigenvalue weighted by molar-refractivity contribution is -0.130. The van der Waals surface area contributed by atoms with Gasteiger partial charge >= 0.3 is 0 Å². The van der Waals surface area contributed by atoms with Crippen LogP contribution in [0.15, 0.2) is 18.2 Å². The Morgan fingerprint density at radius 3 is 2.76 bits per heavy atom. The first-order valence-corrected chi connectivity index (χ1v) is 11.0. The normalized spacial score (nSPS) is 19.9. The molecule has 158 valence electrons. The molecule has 1 N–H and O–H groups in total. The molecule has 0 radical (unpaired) electrons. The first kappa shape index (κ1) is 21.9. The Labute approximate surface area is 181 Å². The quantitative estimate of drug-likeness (QED) is 0.689. The minimum absolute atomic E-state index is 0.156. The number of amides is 3. The summed E-state index contributed by atoms with van der Waals surface area (Å²) >= 11 is 12.2. The number of halogens is 2. The van der Waals surface area contributed by atoms with Crippen molar-refractivity contribution < 1.29 is 14.4 Å². The molecule has 0 aliphatic carbocycles. The van der Waals surface area contributed by atoms with Gasteiger partial charge in [0, 0.05) is 37.6 Å². The van der Waals surface area contributed by atoms with E-state index < -0.39 is 6.04 Å². The summed E-state index contributed by atoms with van der Waals surface area (Å²) in [6, 6.07) is 4.26. The minimum Gasteiger partial charge on any atom is -0.354 e. The average Bonchev–Trinajstić information content (AvgIpc) is 3.11. The molecule has 3 amide bonds.